The van der Waals surface area contributed by atoms with Gasteiger partial charge in [-0.1, -0.05) is 18.2 Å². The molecule has 4 N–H and O–H groups in total. The topological polar surface area (TPSA) is 126 Å². The van der Waals surface area contributed by atoms with Gasteiger partial charge >= 0.3 is 0 Å². The van der Waals surface area contributed by atoms with Crippen molar-refractivity contribution < 1.29 is 9.15 Å². The highest BCUT2D eigenvalue weighted by atomic mass is 16.5. The molecule has 0 amide bonds. The fourth-order valence-electron chi connectivity index (χ4n) is 3.17. The minimum absolute atomic E-state index is 0.369. The van der Waals surface area contributed by atoms with E-state index in [0.29, 0.717) is 43.3 Å². The van der Waals surface area contributed by atoms with Crippen LogP contribution in [0, 0.1) is 11.3 Å². The van der Waals surface area contributed by atoms with E-state index in [4.69, 9.17) is 14.9 Å². The molecule has 9 nitrogen and oxygen atoms in total. The van der Waals surface area contributed by atoms with Gasteiger partial charge in [0.05, 0.1) is 17.6 Å². The second kappa shape index (κ2) is 12.2. The molecule has 0 saturated heterocycles. The van der Waals surface area contributed by atoms with Crippen molar-refractivity contribution in [1.82, 2.24) is 20.4 Å². The number of ether oxygens (including phenoxy) is 1. The molecule has 3 rings (SSSR count). The third-order valence-electron chi connectivity index (χ3n) is 4.79. The molecular weight excluding hydrogens is 406 g/mol. The van der Waals surface area contributed by atoms with E-state index in [0.717, 1.165) is 36.8 Å². The van der Waals surface area contributed by atoms with Crippen molar-refractivity contribution in [2.24, 2.45) is 4.99 Å². The van der Waals surface area contributed by atoms with Crippen LogP contribution in [0.1, 0.15) is 29.9 Å². The molecule has 0 saturated carbocycles. The van der Waals surface area contributed by atoms with E-state index in [1.54, 1.807) is 18.0 Å². The third kappa shape index (κ3) is 6.36. The lowest BCUT2D eigenvalue weighted by Crippen LogP contribution is -2.38. The Hall–Kier alpha value is -3.77. The number of aliphatic imine (C=N–C) groups is 1. The number of furan rings is 1. The largest absolute Gasteiger partial charge is 0.467 e. The quantitative estimate of drug-likeness (QED) is 0.240. The first-order valence-electron chi connectivity index (χ1n) is 10.6. The maximum absolute atomic E-state index is 9.51. The number of nitrogen functional groups attached to an aromatic ring is 1. The first-order valence-corrected chi connectivity index (χ1v) is 10.6. The van der Waals surface area contributed by atoms with Crippen molar-refractivity contribution >= 4 is 11.8 Å². The summed E-state index contributed by atoms with van der Waals surface area (Å²) in [6.07, 6.45) is 3.91. The van der Waals surface area contributed by atoms with Crippen molar-refractivity contribution in [3.05, 3.63) is 65.7 Å². The summed E-state index contributed by atoms with van der Waals surface area (Å²) in [6, 6.07) is 15.5. The molecule has 0 aliphatic rings. The number of benzene rings is 1. The van der Waals surface area contributed by atoms with Crippen LogP contribution < -0.4 is 16.4 Å². The van der Waals surface area contributed by atoms with Gasteiger partial charge < -0.3 is 25.5 Å². The lowest BCUT2D eigenvalue weighted by Gasteiger charge is -2.11. The number of anilines is 1. The Morgan fingerprint density at radius 3 is 2.66 bits per heavy atom. The van der Waals surface area contributed by atoms with Gasteiger partial charge in [-0.25, -0.2) is 4.68 Å². The van der Waals surface area contributed by atoms with Gasteiger partial charge in [-0.3, -0.25) is 4.99 Å². The number of guanidine groups is 1. The van der Waals surface area contributed by atoms with Gasteiger partial charge in [-0.05, 0) is 43.5 Å². The van der Waals surface area contributed by atoms with Crippen molar-refractivity contribution in [3.8, 4) is 11.8 Å². The van der Waals surface area contributed by atoms with Crippen LogP contribution in [0.2, 0.25) is 0 Å². The highest BCUT2D eigenvalue weighted by molar-refractivity contribution is 5.79. The molecule has 0 atom stereocenters. The maximum Gasteiger partial charge on any atom is 0.190 e. The minimum Gasteiger partial charge on any atom is -0.467 e. The van der Waals surface area contributed by atoms with Gasteiger partial charge in [0.25, 0.3) is 0 Å². The van der Waals surface area contributed by atoms with E-state index in [2.05, 4.69) is 26.8 Å². The standard InChI is InChI=1S/C23H29N7O2/c1-26-23(28-13-7-14-31-17-19-10-6-15-32-19)27-12-5-11-21-20(16-24)22(25)30(29-21)18-8-3-2-4-9-18/h2-4,6,8-10,15H,5,7,11-14,17,25H2,1H3,(H2,26,27,28). The molecule has 0 aliphatic heterocycles. The second-order valence-corrected chi connectivity index (χ2v) is 7.08. The van der Waals surface area contributed by atoms with Crippen LogP contribution in [0.4, 0.5) is 5.82 Å². The first-order chi connectivity index (χ1) is 15.7. The zero-order chi connectivity index (χ0) is 22.6. The Kier molecular flexibility index (Phi) is 8.71. The molecule has 1 aromatic carbocycles. The number of nitrogens with one attached hydrogen (secondary N) is 2. The predicted molar refractivity (Wildman–Crippen MR) is 123 cm³/mol. The molecule has 2 heterocycles. The molecule has 0 spiro atoms. The number of nitrogens with zero attached hydrogens (tertiary/aromatic N) is 4. The van der Waals surface area contributed by atoms with Crippen LogP contribution in [0.5, 0.6) is 0 Å². The normalized spacial score (nSPS) is 11.3. The highest BCUT2D eigenvalue weighted by Crippen LogP contribution is 2.21. The zero-order valence-corrected chi connectivity index (χ0v) is 18.3. The first kappa shape index (κ1) is 22.9. The van der Waals surface area contributed by atoms with Crippen LogP contribution in [0.25, 0.3) is 5.69 Å². The molecule has 168 valence electrons. The Bertz CT molecular complexity index is 1020. The maximum atomic E-state index is 9.51. The lowest BCUT2D eigenvalue weighted by atomic mass is 10.1. The molecule has 32 heavy (non-hydrogen) atoms. The molecule has 0 unspecified atom stereocenters. The Labute approximate surface area is 187 Å². The summed E-state index contributed by atoms with van der Waals surface area (Å²) in [7, 11) is 1.73. The molecule has 0 bridgehead atoms. The van der Waals surface area contributed by atoms with Gasteiger partial charge in [0.15, 0.2) is 5.96 Å². The number of hydrogen-bond donors (Lipinski definition) is 3. The SMILES string of the molecule is CN=C(NCCCOCc1ccco1)NCCCc1nn(-c2ccccc2)c(N)c1C#N. The highest BCUT2D eigenvalue weighted by Gasteiger charge is 2.16. The Morgan fingerprint density at radius 1 is 1.19 bits per heavy atom. The van der Waals surface area contributed by atoms with Crippen LogP contribution in [-0.4, -0.2) is 42.5 Å². The van der Waals surface area contributed by atoms with Gasteiger partial charge in [0.1, 0.15) is 29.8 Å². The van der Waals surface area contributed by atoms with Crippen molar-refractivity contribution in [3.63, 3.8) is 0 Å². The summed E-state index contributed by atoms with van der Waals surface area (Å²) in [5, 5.41) is 20.6. The lowest BCUT2D eigenvalue weighted by molar-refractivity contribution is 0.105. The van der Waals surface area contributed by atoms with E-state index < -0.39 is 0 Å². The molecule has 0 radical (unpaired) electrons. The summed E-state index contributed by atoms with van der Waals surface area (Å²) in [6.45, 7) is 2.55. The number of nitriles is 1. The van der Waals surface area contributed by atoms with Gasteiger partial charge in [0, 0.05) is 26.7 Å². The van der Waals surface area contributed by atoms with E-state index in [1.807, 2.05) is 42.5 Å². The fourth-order valence-corrected chi connectivity index (χ4v) is 3.17. The van der Waals surface area contributed by atoms with Gasteiger partial charge in [0.2, 0.25) is 0 Å². The zero-order valence-electron chi connectivity index (χ0n) is 18.3. The summed E-state index contributed by atoms with van der Waals surface area (Å²) in [5.41, 5.74) is 8.13. The van der Waals surface area contributed by atoms with Crippen molar-refractivity contribution in [1.29, 1.82) is 5.26 Å². The second-order valence-electron chi connectivity index (χ2n) is 7.08. The van der Waals surface area contributed by atoms with Crippen LogP contribution in [0.3, 0.4) is 0 Å². The van der Waals surface area contributed by atoms with E-state index in [-0.39, 0.29) is 0 Å². The van der Waals surface area contributed by atoms with E-state index in [9.17, 15) is 5.26 Å². The number of aromatic nitrogens is 2. The Morgan fingerprint density at radius 2 is 1.97 bits per heavy atom. The fraction of sp³-hybridized carbons (Fsp3) is 0.348. The summed E-state index contributed by atoms with van der Waals surface area (Å²) in [4.78, 5) is 4.23. The van der Waals surface area contributed by atoms with E-state index in [1.165, 1.54) is 0 Å². The average Bonchev–Trinajstić information content (AvgIpc) is 3.45. The number of hydrogen-bond acceptors (Lipinski definition) is 6. The monoisotopic (exact) mass is 435 g/mol. The minimum atomic E-state index is 0.369. The van der Waals surface area contributed by atoms with Crippen molar-refractivity contribution in [2.45, 2.75) is 25.9 Å². The van der Waals surface area contributed by atoms with Gasteiger partial charge in [-0.2, -0.15) is 10.4 Å². The number of para-hydroxylation sites is 1. The van der Waals surface area contributed by atoms with Gasteiger partial charge in [-0.15, -0.1) is 0 Å². The molecule has 0 aliphatic carbocycles. The predicted octanol–water partition coefficient (Wildman–Crippen LogP) is 2.62. The third-order valence-corrected chi connectivity index (χ3v) is 4.79. The van der Waals surface area contributed by atoms with E-state index >= 15 is 0 Å². The number of nitrogens with two attached hydrogens (primary N) is 1. The van der Waals surface area contributed by atoms with Crippen LogP contribution in [-0.2, 0) is 17.8 Å². The number of rotatable bonds is 11. The smallest absolute Gasteiger partial charge is 0.190 e. The molecular formula is C23H29N7O2. The van der Waals surface area contributed by atoms with Crippen molar-refractivity contribution in [2.75, 3.05) is 32.5 Å². The summed E-state index contributed by atoms with van der Waals surface area (Å²) >= 11 is 0. The molecule has 0 fully saturated rings. The summed E-state index contributed by atoms with van der Waals surface area (Å²) < 4.78 is 12.4. The average molecular weight is 436 g/mol. The number of aryl methyl sites for hydroxylation is 1. The molecule has 2 aromatic heterocycles. The molecule has 3 aromatic rings. The summed E-state index contributed by atoms with van der Waals surface area (Å²) in [5.74, 6) is 1.92. The molecule has 9 heteroatoms. The van der Waals surface area contributed by atoms with Crippen LogP contribution >= 0.6 is 0 Å². The Balaban J connectivity index is 1.38. The van der Waals surface area contributed by atoms with Crippen LogP contribution in [0.15, 0.2) is 58.1 Å².